The molecule has 1 saturated carbocycles. The second kappa shape index (κ2) is 7.08. The molecule has 0 radical (unpaired) electrons. The molecule has 6 nitrogen and oxygen atoms in total. The summed E-state index contributed by atoms with van der Waals surface area (Å²) in [4.78, 5) is 0. The van der Waals surface area contributed by atoms with E-state index in [1.54, 1.807) is 24.3 Å². The van der Waals surface area contributed by atoms with Crippen LogP contribution in [0.3, 0.4) is 0 Å². The van der Waals surface area contributed by atoms with Gasteiger partial charge in [0, 0.05) is 6.54 Å². The fraction of sp³-hybridized carbons (Fsp3) is 0.571. The van der Waals surface area contributed by atoms with E-state index in [9.17, 15) is 16.8 Å². The normalized spacial score (nSPS) is 17.0. The van der Waals surface area contributed by atoms with Crippen molar-refractivity contribution in [3.8, 4) is 0 Å². The number of benzene rings is 1. The van der Waals surface area contributed by atoms with Crippen molar-refractivity contribution in [1.82, 2.24) is 9.44 Å². The highest BCUT2D eigenvalue weighted by molar-refractivity contribution is 7.90. The van der Waals surface area contributed by atoms with Gasteiger partial charge in [0.2, 0.25) is 20.0 Å². The Labute approximate surface area is 132 Å². The van der Waals surface area contributed by atoms with Crippen molar-refractivity contribution in [3.05, 3.63) is 35.4 Å². The summed E-state index contributed by atoms with van der Waals surface area (Å²) in [6.45, 7) is 0.234. The molecule has 1 fully saturated rings. The Bertz CT molecular complexity index is 691. The van der Waals surface area contributed by atoms with E-state index in [2.05, 4.69) is 9.44 Å². The minimum atomic E-state index is -3.29. The molecule has 0 saturated heterocycles. The molecule has 2 N–H and O–H groups in total. The first kappa shape index (κ1) is 17.4. The van der Waals surface area contributed by atoms with Crippen molar-refractivity contribution < 1.29 is 16.8 Å². The molecule has 22 heavy (non-hydrogen) atoms. The monoisotopic (exact) mass is 346 g/mol. The third-order valence-corrected chi connectivity index (χ3v) is 7.14. The number of sulfonamides is 2. The van der Waals surface area contributed by atoms with Crippen LogP contribution in [0, 0.1) is 0 Å². The zero-order chi connectivity index (χ0) is 16.2. The molecule has 0 aliphatic heterocycles. The van der Waals surface area contributed by atoms with Gasteiger partial charge in [-0.2, -0.15) is 0 Å². The molecule has 1 aliphatic rings. The predicted molar refractivity (Wildman–Crippen MR) is 86.1 cm³/mol. The van der Waals surface area contributed by atoms with Crippen LogP contribution in [-0.4, -0.2) is 29.1 Å². The van der Waals surface area contributed by atoms with E-state index in [4.69, 9.17) is 0 Å². The summed E-state index contributed by atoms with van der Waals surface area (Å²) >= 11 is 0. The average molecular weight is 346 g/mol. The number of hydrogen-bond donors (Lipinski definition) is 2. The molecule has 0 atom stereocenters. The van der Waals surface area contributed by atoms with Crippen LogP contribution in [0.5, 0.6) is 0 Å². The van der Waals surface area contributed by atoms with E-state index >= 15 is 0 Å². The Balaban J connectivity index is 1.94. The van der Waals surface area contributed by atoms with Gasteiger partial charge in [-0.1, -0.05) is 37.1 Å². The van der Waals surface area contributed by atoms with Gasteiger partial charge in [0.25, 0.3) is 0 Å². The van der Waals surface area contributed by atoms with Crippen molar-refractivity contribution in [2.24, 2.45) is 0 Å². The lowest BCUT2D eigenvalue weighted by Crippen LogP contribution is -2.32. The van der Waals surface area contributed by atoms with E-state index in [1.807, 2.05) is 0 Å². The first-order valence-corrected chi connectivity index (χ1v) is 10.5. The number of rotatable bonds is 7. The van der Waals surface area contributed by atoms with E-state index in [0.717, 1.165) is 31.2 Å². The summed E-state index contributed by atoms with van der Waals surface area (Å²) < 4.78 is 52.0. The summed E-state index contributed by atoms with van der Waals surface area (Å²) in [5.74, 6) is -0.0857. The average Bonchev–Trinajstić information content (AvgIpc) is 3.01. The molecule has 1 aliphatic carbocycles. The zero-order valence-electron chi connectivity index (χ0n) is 12.6. The molecule has 0 heterocycles. The molecule has 1 aromatic carbocycles. The summed E-state index contributed by atoms with van der Waals surface area (Å²) in [5, 5.41) is -0.271. The van der Waals surface area contributed by atoms with Gasteiger partial charge in [-0.3, -0.25) is 0 Å². The van der Waals surface area contributed by atoms with Gasteiger partial charge >= 0.3 is 0 Å². The zero-order valence-corrected chi connectivity index (χ0v) is 14.2. The molecule has 8 heteroatoms. The van der Waals surface area contributed by atoms with E-state index in [0.29, 0.717) is 5.56 Å². The number of nitrogens with one attached hydrogen (secondary N) is 2. The standard InChI is InChI=1S/C14H22N2O4S2/c1-15-21(17,18)11-13-8-6-12(7-9-13)10-16-22(19,20)14-4-2-3-5-14/h6-9,14-16H,2-5,10-11H2,1H3. The molecule has 1 aromatic rings. The lowest BCUT2D eigenvalue weighted by Gasteiger charge is -2.12. The molecular formula is C14H22N2O4S2. The van der Waals surface area contributed by atoms with Crippen LogP contribution in [-0.2, 0) is 32.3 Å². The van der Waals surface area contributed by atoms with Gasteiger partial charge in [-0.05, 0) is 31.0 Å². The molecule has 0 amide bonds. The predicted octanol–water partition coefficient (Wildman–Crippen LogP) is 1.10. The first-order chi connectivity index (χ1) is 10.3. The maximum Gasteiger partial charge on any atom is 0.215 e. The van der Waals surface area contributed by atoms with Crippen LogP contribution in [0.1, 0.15) is 36.8 Å². The van der Waals surface area contributed by atoms with Crippen LogP contribution >= 0.6 is 0 Å². The molecule has 0 bridgehead atoms. The molecule has 124 valence electrons. The smallest absolute Gasteiger partial charge is 0.215 e. The van der Waals surface area contributed by atoms with Gasteiger partial charge in [-0.15, -0.1) is 0 Å². The minimum absolute atomic E-state index is 0.0857. The fourth-order valence-corrected chi connectivity index (χ4v) is 4.88. The van der Waals surface area contributed by atoms with Gasteiger partial charge in [0.05, 0.1) is 11.0 Å². The fourth-order valence-electron chi connectivity index (χ4n) is 2.55. The second-order valence-corrected chi connectivity index (χ2v) is 9.52. The SMILES string of the molecule is CNS(=O)(=O)Cc1ccc(CNS(=O)(=O)C2CCCC2)cc1. The Kier molecular flexibility index (Phi) is 5.60. The van der Waals surface area contributed by atoms with Crippen LogP contribution in [0.4, 0.5) is 0 Å². The second-order valence-electron chi connectivity index (χ2n) is 5.55. The summed E-state index contributed by atoms with van der Waals surface area (Å²) in [6.07, 6.45) is 3.41. The van der Waals surface area contributed by atoms with Crippen molar-refractivity contribution in [2.45, 2.75) is 43.2 Å². The van der Waals surface area contributed by atoms with Crippen LogP contribution in [0.15, 0.2) is 24.3 Å². The van der Waals surface area contributed by atoms with Gasteiger partial charge in [0.15, 0.2) is 0 Å². The third kappa shape index (κ3) is 4.77. The topological polar surface area (TPSA) is 92.3 Å². The Morgan fingerprint density at radius 3 is 2.09 bits per heavy atom. The minimum Gasteiger partial charge on any atom is -0.218 e. The highest BCUT2D eigenvalue weighted by atomic mass is 32.2. The highest BCUT2D eigenvalue weighted by Gasteiger charge is 2.28. The molecule has 0 unspecified atom stereocenters. The Morgan fingerprint density at radius 1 is 1.00 bits per heavy atom. The third-order valence-electron chi connectivity index (χ3n) is 3.91. The van der Waals surface area contributed by atoms with Crippen molar-refractivity contribution in [1.29, 1.82) is 0 Å². The van der Waals surface area contributed by atoms with E-state index in [1.165, 1.54) is 7.05 Å². The van der Waals surface area contributed by atoms with E-state index in [-0.39, 0.29) is 17.5 Å². The van der Waals surface area contributed by atoms with Crippen LogP contribution in [0.2, 0.25) is 0 Å². The molecule has 0 spiro atoms. The lowest BCUT2D eigenvalue weighted by atomic mass is 10.1. The summed E-state index contributed by atoms with van der Waals surface area (Å²) in [5.41, 5.74) is 1.48. The Morgan fingerprint density at radius 2 is 1.55 bits per heavy atom. The summed E-state index contributed by atoms with van der Waals surface area (Å²) in [7, 11) is -5.17. The quantitative estimate of drug-likeness (QED) is 0.773. The molecule has 0 aromatic heterocycles. The van der Waals surface area contributed by atoms with Crippen LogP contribution in [0.25, 0.3) is 0 Å². The van der Waals surface area contributed by atoms with Gasteiger partial charge in [0.1, 0.15) is 0 Å². The van der Waals surface area contributed by atoms with Gasteiger partial charge in [-0.25, -0.2) is 26.3 Å². The van der Waals surface area contributed by atoms with E-state index < -0.39 is 20.0 Å². The van der Waals surface area contributed by atoms with Crippen LogP contribution < -0.4 is 9.44 Å². The van der Waals surface area contributed by atoms with Crippen molar-refractivity contribution in [3.63, 3.8) is 0 Å². The number of hydrogen-bond acceptors (Lipinski definition) is 4. The highest BCUT2D eigenvalue weighted by Crippen LogP contribution is 2.24. The van der Waals surface area contributed by atoms with Crippen molar-refractivity contribution in [2.75, 3.05) is 7.05 Å². The lowest BCUT2D eigenvalue weighted by molar-refractivity contribution is 0.564. The molecule has 2 rings (SSSR count). The maximum absolute atomic E-state index is 12.1. The largest absolute Gasteiger partial charge is 0.218 e. The summed E-state index contributed by atoms with van der Waals surface area (Å²) in [6, 6.07) is 6.90. The molecular weight excluding hydrogens is 324 g/mol. The Hall–Kier alpha value is -0.960. The van der Waals surface area contributed by atoms with Gasteiger partial charge < -0.3 is 0 Å². The maximum atomic E-state index is 12.1. The first-order valence-electron chi connectivity index (χ1n) is 7.30. The van der Waals surface area contributed by atoms with Crippen molar-refractivity contribution >= 4 is 20.0 Å².